The second-order valence-corrected chi connectivity index (χ2v) is 8.27. The van der Waals surface area contributed by atoms with Gasteiger partial charge in [-0.15, -0.1) is 0 Å². The molecule has 0 saturated heterocycles. The summed E-state index contributed by atoms with van der Waals surface area (Å²) in [6, 6.07) is 26.2. The average molecular weight is 374 g/mol. The second kappa shape index (κ2) is 6.09. The monoisotopic (exact) mass is 374 g/mol. The quantitative estimate of drug-likeness (QED) is 0.349. The van der Waals surface area contributed by atoms with Crippen molar-refractivity contribution in [1.82, 2.24) is 0 Å². The van der Waals surface area contributed by atoms with Gasteiger partial charge in [0, 0.05) is 11.8 Å². The maximum Gasteiger partial charge on any atom is 0.104 e. The van der Waals surface area contributed by atoms with Crippen molar-refractivity contribution < 1.29 is 4.74 Å². The molecule has 29 heavy (non-hydrogen) atoms. The lowest BCUT2D eigenvalue weighted by atomic mass is 9.96. The largest absolute Gasteiger partial charge is 0.466 e. The molecule has 2 aliphatic carbocycles. The summed E-state index contributed by atoms with van der Waals surface area (Å²) in [6.45, 7) is 8.67. The lowest BCUT2D eigenvalue weighted by Crippen LogP contribution is -2.08. The third-order valence-electron chi connectivity index (χ3n) is 6.68. The maximum atomic E-state index is 6.35. The van der Waals surface area contributed by atoms with E-state index < -0.39 is 0 Å². The molecule has 0 heterocycles. The predicted octanol–water partition coefficient (Wildman–Crippen LogP) is 7.02. The number of benzene rings is 4. The molecular formula is C28H22O. The van der Waals surface area contributed by atoms with Crippen LogP contribution in [0.4, 0.5) is 0 Å². The number of hydrogen-bond donors (Lipinski definition) is 0. The summed E-state index contributed by atoms with van der Waals surface area (Å²) in [6.07, 6.45) is 1.90. The zero-order chi connectivity index (χ0) is 19.5. The molecule has 0 fully saturated rings. The Bertz CT molecular complexity index is 1210. The van der Waals surface area contributed by atoms with Gasteiger partial charge >= 0.3 is 0 Å². The smallest absolute Gasteiger partial charge is 0.104 e. The summed E-state index contributed by atoms with van der Waals surface area (Å²) in [5.41, 5.74) is 5.42. The van der Waals surface area contributed by atoms with Crippen molar-refractivity contribution in [2.75, 3.05) is 0 Å². The predicted molar refractivity (Wildman–Crippen MR) is 120 cm³/mol. The van der Waals surface area contributed by atoms with Gasteiger partial charge in [0.25, 0.3) is 0 Å². The molecule has 0 radical (unpaired) electrons. The minimum Gasteiger partial charge on any atom is -0.466 e. The van der Waals surface area contributed by atoms with Crippen LogP contribution in [0.2, 0.25) is 0 Å². The molecule has 140 valence electrons. The summed E-state index contributed by atoms with van der Waals surface area (Å²) in [4.78, 5) is 0. The molecule has 0 N–H and O–H groups in total. The molecule has 2 unspecified atom stereocenters. The van der Waals surface area contributed by atoms with Crippen molar-refractivity contribution in [2.45, 2.75) is 24.7 Å². The van der Waals surface area contributed by atoms with Crippen molar-refractivity contribution in [2.24, 2.45) is 0 Å². The molecule has 0 aromatic heterocycles. The normalized spacial score (nSPS) is 19.0. The van der Waals surface area contributed by atoms with E-state index in [1.54, 1.807) is 0 Å². The van der Waals surface area contributed by atoms with Crippen LogP contribution in [0.1, 0.15) is 34.1 Å². The van der Waals surface area contributed by atoms with E-state index in [9.17, 15) is 0 Å². The van der Waals surface area contributed by atoms with E-state index in [0.717, 1.165) is 24.4 Å². The molecule has 2 atom stereocenters. The van der Waals surface area contributed by atoms with Gasteiger partial charge in [0.2, 0.25) is 0 Å². The Balaban J connectivity index is 1.29. The molecule has 0 aliphatic heterocycles. The highest BCUT2D eigenvalue weighted by atomic mass is 16.5. The molecule has 4 aromatic carbocycles. The van der Waals surface area contributed by atoms with Gasteiger partial charge in [-0.25, -0.2) is 0 Å². The Labute approximate surface area is 170 Å². The Kier molecular flexibility index (Phi) is 3.49. The fourth-order valence-corrected chi connectivity index (χ4v) is 5.37. The van der Waals surface area contributed by atoms with Gasteiger partial charge in [0.15, 0.2) is 0 Å². The molecule has 0 amide bonds. The summed E-state index contributed by atoms with van der Waals surface area (Å²) in [5.74, 6) is 1.99. The average Bonchev–Trinajstić information content (AvgIpc) is 3.31. The van der Waals surface area contributed by atoms with Crippen molar-refractivity contribution in [3.8, 4) is 0 Å². The minimum atomic E-state index is 0.187. The summed E-state index contributed by atoms with van der Waals surface area (Å²) in [7, 11) is 0. The van der Waals surface area contributed by atoms with Crippen LogP contribution in [0.5, 0.6) is 0 Å². The van der Waals surface area contributed by atoms with Gasteiger partial charge in [-0.2, -0.15) is 0 Å². The molecule has 4 aromatic rings. The fourth-order valence-electron chi connectivity index (χ4n) is 5.37. The molecule has 1 nitrogen and oxygen atoms in total. The highest BCUT2D eigenvalue weighted by Gasteiger charge is 2.31. The maximum absolute atomic E-state index is 6.35. The summed E-state index contributed by atoms with van der Waals surface area (Å²) >= 11 is 0. The highest BCUT2D eigenvalue weighted by Crippen LogP contribution is 2.45. The van der Waals surface area contributed by atoms with Crippen LogP contribution in [0, 0.1) is 0 Å². The SMILES string of the molecule is C=C(OC(=C)C1Cc2cccc3cccc1c23)C1Cc2cccc3cccc1c23. The summed E-state index contributed by atoms with van der Waals surface area (Å²) in [5, 5.41) is 5.33. The summed E-state index contributed by atoms with van der Waals surface area (Å²) < 4.78 is 6.35. The zero-order valence-corrected chi connectivity index (χ0v) is 16.3. The van der Waals surface area contributed by atoms with Crippen LogP contribution < -0.4 is 0 Å². The molecule has 0 bridgehead atoms. The van der Waals surface area contributed by atoms with Crippen molar-refractivity contribution in [3.63, 3.8) is 0 Å². The Morgan fingerprint density at radius 2 is 1.03 bits per heavy atom. The van der Waals surface area contributed by atoms with Crippen molar-refractivity contribution in [1.29, 1.82) is 0 Å². The van der Waals surface area contributed by atoms with Crippen molar-refractivity contribution in [3.05, 3.63) is 120 Å². The standard InChI is InChI=1S/C28H22O/c1-17(25-15-21-11-3-7-19-9-5-13-23(25)27(19)21)29-18(2)26-16-22-12-4-8-20-10-6-14-24(26)28(20)22/h3-14,25-26H,1-2,15-16H2. The Morgan fingerprint density at radius 1 is 0.621 bits per heavy atom. The van der Waals surface area contributed by atoms with Gasteiger partial charge in [0.1, 0.15) is 11.5 Å². The first kappa shape index (κ1) is 16.6. The first-order chi connectivity index (χ1) is 14.2. The van der Waals surface area contributed by atoms with Crippen LogP contribution in [0.15, 0.2) is 97.5 Å². The molecular weight excluding hydrogens is 352 g/mol. The minimum absolute atomic E-state index is 0.187. The van der Waals surface area contributed by atoms with Gasteiger partial charge in [-0.3, -0.25) is 0 Å². The van der Waals surface area contributed by atoms with E-state index in [-0.39, 0.29) is 11.8 Å². The lowest BCUT2D eigenvalue weighted by Gasteiger charge is -2.21. The molecule has 0 saturated carbocycles. The van der Waals surface area contributed by atoms with Crippen LogP contribution in [-0.4, -0.2) is 0 Å². The first-order valence-electron chi connectivity index (χ1n) is 10.3. The van der Waals surface area contributed by atoms with E-state index in [4.69, 9.17) is 4.74 Å². The van der Waals surface area contributed by atoms with E-state index >= 15 is 0 Å². The van der Waals surface area contributed by atoms with Gasteiger partial charge in [-0.05, 0) is 56.6 Å². The van der Waals surface area contributed by atoms with E-state index in [0.29, 0.717) is 0 Å². The van der Waals surface area contributed by atoms with Gasteiger partial charge in [-0.1, -0.05) is 86.0 Å². The fraction of sp³-hybridized carbons (Fsp3) is 0.143. The zero-order valence-electron chi connectivity index (χ0n) is 16.3. The second-order valence-electron chi connectivity index (χ2n) is 8.27. The van der Waals surface area contributed by atoms with E-state index in [2.05, 4.69) is 86.0 Å². The van der Waals surface area contributed by atoms with Gasteiger partial charge < -0.3 is 4.74 Å². The molecule has 6 rings (SSSR count). The van der Waals surface area contributed by atoms with E-state index in [1.807, 2.05) is 0 Å². The highest BCUT2D eigenvalue weighted by molar-refractivity contribution is 5.92. The third kappa shape index (κ3) is 2.40. The van der Waals surface area contributed by atoms with Crippen LogP contribution in [0.25, 0.3) is 21.5 Å². The first-order valence-corrected chi connectivity index (χ1v) is 10.3. The third-order valence-corrected chi connectivity index (χ3v) is 6.68. The lowest BCUT2D eigenvalue weighted by molar-refractivity contribution is 0.259. The van der Waals surface area contributed by atoms with E-state index in [1.165, 1.54) is 43.8 Å². The number of ether oxygens (including phenoxy) is 1. The Morgan fingerprint density at radius 3 is 1.48 bits per heavy atom. The molecule has 2 aliphatic rings. The van der Waals surface area contributed by atoms with Gasteiger partial charge in [0.05, 0.1) is 0 Å². The van der Waals surface area contributed by atoms with Crippen LogP contribution >= 0.6 is 0 Å². The molecule has 0 spiro atoms. The molecule has 1 heteroatoms. The topological polar surface area (TPSA) is 9.23 Å². The number of hydrogen-bond acceptors (Lipinski definition) is 1. The Hall–Kier alpha value is -3.32. The van der Waals surface area contributed by atoms with Crippen LogP contribution in [0.3, 0.4) is 0 Å². The van der Waals surface area contributed by atoms with Crippen LogP contribution in [-0.2, 0) is 17.6 Å². The number of rotatable bonds is 4. The van der Waals surface area contributed by atoms with Crippen molar-refractivity contribution >= 4 is 21.5 Å². The number of allylic oxidation sites excluding steroid dienone is 2.